The average Bonchev–Trinajstić information content (AvgIpc) is 2.72. The molecule has 1 aliphatic rings. The van der Waals surface area contributed by atoms with Gasteiger partial charge in [-0.25, -0.2) is 12.7 Å². The predicted molar refractivity (Wildman–Crippen MR) is 90.0 cm³/mol. The zero-order chi connectivity index (χ0) is 17.0. The molecule has 1 aromatic rings. The number of sulfonamides is 1. The van der Waals surface area contributed by atoms with Crippen molar-refractivity contribution in [3.8, 4) is 0 Å². The number of nitrogens with one attached hydrogen (secondary N) is 2. The normalized spacial score (nSPS) is 14.9. The molecule has 0 aromatic heterocycles. The van der Waals surface area contributed by atoms with Crippen molar-refractivity contribution in [3.63, 3.8) is 0 Å². The molecule has 1 aromatic carbocycles. The van der Waals surface area contributed by atoms with Gasteiger partial charge < -0.3 is 15.4 Å². The molecule has 0 atom stereocenters. The molecule has 0 bridgehead atoms. The maximum Gasteiger partial charge on any atom is 0.269 e. The van der Waals surface area contributed by atoms with Gasteiger partial charge in [0.1, 0.15) is 4.90 Å². The second-order valence-corrected chi connectivity index (χ2v) is 6.78. The highest BCUT2D eigenvalue weighted by Crippen LogP contribution is 2.30. The number of nitrogens with zero attached hydrogens (tertiary/aromatic N) is 1. The van der Waals surface area contributed by atoms with Gasteiger partial charge in [0.2, 0.25) is 0 Å². The van der Waals surface area contributed by atoms with E-state index in [0.29, 0.717) is 13.1 Å². The van der Waals surface area contributed by atoms with E-state index in [2.05, 4.69) is 10.6 Å². The number of hydrogen-bond donors (Lipinski definition) is 2. The van der Waals surface area contributed by atoms with Crippen LogP contribution in [0.5, 0.6) is 0 Å². The van der Waals surface area contributed by atoms with Crippen molar-refractivity contribution in [1.82, 2.24) is 14.9 Å². The second kappa shape index (κ2) is 8.43. The largest absolute Gasteiger partial charge is 0.383 e. The van der Waals surface area contributed by atoms with Gasteiger partial charge in [-0.1, -0.05) is 0 Å². The molecule has 0 aliphatic carbocycles. The first-order valence-corrected chi connectivity index (χ1v) is 8.50. The minimum absolute atomic E-state index is 0. The number of fused-ring (bicyclic) bond motifs is 1. The highest BCUT2D eigenvalue weighted by Gasteiger charge is 2.41. The van der Waals surface area contributed by atoms with E-state index < -0.39 is 15.9 Å². The Morgan fingerprint density at radius 1 is 1.29 bits per heavy atom. The van der Waals surface area contributed by atoms with Crippen molar-refractivity contribution in [2.75, 3.05) is 40.4 Å². The molecule has 1 aliphatic heterocycles. The van der Waals surface area contributed by atoms with Crippen LogP contribution < -0.4 is 10.6 Å². The Hall–Kier alpha value is -1.68. The molecule has 10 heteroatoms. The number of rotatable bonds is 7. The molecule has 2 N–H and O–H groups in total. The molecule has 0 saturated heterocycles. The summed E-state index contributed by atoms with van der Waals surface area (Å²) in [5, 5.41) is 5.55. The van der Waals surface area contributed by atoms with Crippen molar-refractivity contribution in [2.45, 2.75) is 4.90 Å². The quantitative estimate of drug-likeness (QED) is 0.640. The van der Waals surface area contributed by atoms with Crippen LogP contribution in [0.4, 0.5) is 0 Å². The van der Waals surface area contributed by atoms with Gasteiger partial charge in [-0.2, -0.15) is 0 Å². The Kier molecular flexibility index (Phi) is 7.15. The van der Waals surface area contributed by atoms with Crippen LogP contribution >= 0.6 is 12.4 Å². The number of amides is 2. The summed E-state index contributed by atoms with van der Waals surface area (Å²) in [6, 6.07) is 4.06. The molecule has 0 radical (unpaired) electrons. The third-order valence-electron chi connectivity index (χ3n) is 3.43. The minimum Gasteiger partial charge on any atom is -0.383 e. The van der Waals surface area contributed by atoms with Gasteiger partial charge in [0, 0.05) is 25.8 Å². The summed E-state index contributed by atoms with van der Waals surface area (Å²) in [7, 11) is -0.755. The van der Waals surface area contributed by atoms with Crippen molar-refractivity contribution in [1.29, 1.82) is 0 Å². The lowest BCUT2D eigenvalue weighted by Gasteiger charge is -2.13. The van der Waals surface area contributed by atoms with E-state index in [-0.39, 0.29) is 47.5 Å². The first kappa shape index (κ1) is 20.4. The van der Waals surface area contributed by atoms with E-state index in [4.69, 9.17) is 4.74 Å². The first-order chi connectivity index (χ1) is 10.9. The molecule has 0 saturated carbocycles. The maximum absolute atomic E-state index is 12.4. The van der Waals surface area contributed by atoms with Crippen LogP contribution in [0.2, 0.25) is 0 Å². The number of benzene rings is 1. The number of ether oxygens (including phenoxy) is 1. The lowest BCUT2D eigenvalue weighted by Crippen LogP contribution is -2.33. The summed E-state index contributed by atoms with van der Waals surface area (Å²) < 4.78 is 30.5. The maximum atomic E-state index is 12.4. The Labute approximate surface area is 147 Å². The van der Waals surface area contributed by atoms with Crippen LogP contribution in [0, 0.1) is 0 Å². The fourth-order valence-electron chi connectivity index (χ4n) is 2.21. The summed E-state index contributed by atoms with van der Waals surface area (Å²) in [5.41, 5.74) is 0.276. The molecule has 0 spiro atoms. The summed E-state index contributed by atoms with van der Waals surface area (Å²) >= 11 is 0. The van der Waals surface area contributed by atoms with Gasteiger partial charge >= 0.3 is 0 Å². The lowest BCUT2D eigenvalue weighted by atomic mass is 10.1. The summed E-state index contributed by atoms with van der Waals surface area (Å²) in [6.45, 7) is 1.06. The number of likely N-dealkylation sites (N-methyl/N-ethyl adjacent to an activating group) is 1. The molecule has 0 unspecified atom stereocenters. The van der Waals surface area contributed by atoms with Crippen LogP contribution in [0.1, 0.15) is 20.7 Å². The third-order valence-corrected chi connectivity index (χ3v) is 5.25. The highest BCUT2D eigenvalue weighted by molar-refractivity contribution is 7.90. The van der Waals surface area contributed by atoms with Crippen LogP contribution in [-0.2, 0) is 14.8 Å². The molecule has 2 rings (SSSR count). The number of carbonyl (C=O) groups excluding carboxylic acids is 2. The smallest absolute Gasteiger partial charge is 0.269 e. The molecule has 2 amide bonds. The van der Waals surface area contributed by atoms with E-state index in [1.807, 2.05) is 0 Å². The molecule has 1 heterocycles. The van der Waals surface area contributed by atoms with Crippen LogP contribution in [0.15, 0.2) is 23.1 Å². The number of halogens is 1. The monoisotopic (exact) mass is 377 g/mol. The summed E-state index contributed by atoms with van der Waals surface area (Å²) in [5.74, 6) is -0.986. The van der Waals surface area contributed by atoms with E-state index in [1.54, 1.807) is 7.05 Å². The third kappa shape index (κ3) is 3.86. The van der Waals surface area contributed by atoms with Crippen molar-refractivity contribution < 1.29 is 22.7 Å². The van der Waals surface area contributed by atoms with Gasteiger partial charge in [-0.15, -0.1) is 12.4 Å². The van der Waals surface area contributed by atoms with E-state index in [1.165, 1.54) is 25.3 Å². The van der Waals surface area contributed by atoms with Gasteiger partial charge in [-0.05, 0) is 25.2 Å². The van der Waals surface area contributed by atoms with Crippen molar-refractivity contribution in [3.05, 3.63) is 29.3 Å². The number of carbonyl (C=O) groups is 2. The standard InChI is InChI=1S/C14H19N3O5S.ClH/c1-15-5-6-16-13(18)10-3-4-11-12(9-10)23(20,21)17(14(11)19)7-8-22-2;/h3-4,9,15H,5-8H2,1-2H3,(H,16,18);1H. The van der Waals surface area contributed by atoms with Crippen LogP contribution in [0.25, 0.3) is 0 Å². The van der Waals surface area contributed by atoms with Gasteiger partial charge in [0.15, 0.2) is 0 Å². The molecule has 8 nitrogen and oxygen atoms in total. The second-order valence-electron chi connectivity index (χ2n) is 4.95. The van der Waals surface area contributed by atoms with Crippen molar-refractivity contribution in [2.24, 2.45) is 0 Å². The predicted octanol–water partition coefficient (Wildman–Crippen LogP) is -0.152. The SMILES string of the molecule is CNCCNC(=O)c1ccc2c(c1)S(=O)(=O)N(CCOC)C2=O.Cl. The van der Waals surface area contributed by atoms with Crippen LogP contribution in [0.3, 0.4) is 0 Å². The van der Waals surface area contributed by atoms with Crippen molar-refractivity contribution >= 4 is 34.2 Å². The van der Waals surface area contributed by atoms with E-state index in [0.717, 1.165) is 4.31 Å². The Balaban J connectivity index is 0.00000288. The first-order valence-electron chi connectivity index (χ1n) is 7.06. The molecule has 24 heavy (non-hydrogen) atoms. The Bertz CT molecular complexity index is 723. The molecule has 134 valence electrons. The zero-order valence-corrected chi connectivity index (χ0v) is 15.0. The summed E-state index contributed by atoms with van der Waals surface area (Å²) in [4.78, 5) is 24.1. The van der Waals surface area contributed by atoms with E-state index in [9.17, 15) is 18.0 Å². The van der Waals surface area contributed by atoms with Gasteiger partial charge in [-0.3, -0.25) is 9.59 Å². The van der Waals surface area contributed by atoms with Gasteiger partial charge in [0.25, 0.3) is 21.8 Å². The average molecular weight is 378 g/mol. The molecule has 0 fully saturated rings. The number of methoxy groups -OCH3 is 1. The molecular weight excluding hydrogens is 358 g/mol. The fourth-order valence-corrected chi connectivity index (χ4v) is 3.79. The zero-order valence-electron chi connectivity index (χ0n) is 13.4. The number of hydrogen-bond acceptors (Lipinski definition) is 6. The lowest BCUT2D eigenvalue weighted by molar-refractivity contribution is 0.0835. The van der Waals surface area contributed by atoms with Crippen LogP contribution in [-0.4, -0.2) is 64.9 Å². The topological polar surface area (TPSA) is 105 Å². The minimum atomic E-state index is -3.94. The Morgan fingerprint density at radius 2 is 2.00 bits per heavy atom. The Morgan fingerprint density at radius 3 is 2.62 bits per heavy atom. The fraction of sp³-hybridized carbons (Fsp3) is 0.429. The highest BCUT2D eigenvalue weighted by atomic mass is 35.5. The summed E-state index contributed by atoms with van der Waals surface area (Å²) in [6.07, 6.45) is 0. The molecular formula is C14H20ClN3O5S. The van der Waals surface area contributed by atoms with Gasteiger partial charge in [0.05, 0.1) is 18.7 Å². The van der Waals surface area contributed by atoms with E-state index >= 15 is 0 Å².